The molecule has 0 unspecified atom stereocenters. The van der Waals surface area contributed by atoms with Gasteiger partial charge in [0.1, 0.15) is 0 Å². The lowest BCUT2D eigenvalue weighted by atomic mass is 10.3. The summed E-state index contributed by atoms with van der Waals surface area (Å²) in [6.45, 7) is 5.17. The van der Waals surface area contributed by atoms with Crippen LogP contribution in [-0.4, -0.2) is 28.4 Å². The molecule has 3 nitrogen and oxygen atoms in total. The van der Waals surface area contributed by atoms with E-state index in [4.69, 9.17) is 11.6 Å². The maximum Gasteiger partial charge on any atom is 0.225 e. The highest BCUT2D eigenvalue weighted by Gasteiger charge is 2.12. The van der Waals surface area contributed by atoms with E-state index in [1.165, 1.54) is 0 Å². The first-order valence-electron chi connectivity index (χ1n) is 4.95. The lowest BCUT2D eigenvalue weighted by Gasteiger charge is -2.26. The average molecular weight is 340 g/mol. The quantitative estimate of drug-likeness (QED) is 0.610. The van der Waals surface area contributed by atoms with E-state index in [0.717, 1.165) is 22.5 Å². The predicted molar refractivity (Wildman–Crippen MR) is 72.6 cm³/mol. The summed E-state index contributed by atoms with van der Waals surface area (Å²) in [5, 5.41) is 0. The molecule has 0 radical (unpaired) electrons. The molecule has 0 saturated heterocycles. The fourth-order valence-electron chi connectivity index (χ4n) is 1.27. The first-order valence-corrected chi connectivity index (χ1v) is 6.56. The molecule has 1 aromatic rings. The van der Waals surface area contributed by atoms with Crippen LogP contribution in [0.1, 0.15) is 20.3 Å². The van der Waals surface area contributed by atoms with E-state index < -0.39 is 0 Å². The number of halogens is 2. The smallest absolute Gasteiger partial charge is 0.225 e. The number of rotatable bonds is 5. The molecule has 0 atom stereocenters. The monoisotopic (exact) mass is 339 g/mol. The number of hydrogen-bond donors (Lipinski definition) is 0. The Balaban J connectivity index is 2.74. The molecule has 0 fully saturated rings. The Morgan fingerprint density at radius 3 is 2.47 bits per heavy atom. The predicted octanol–water partition coefficient (Wildman–Crippen LogP) is 2.92. The van der Waals surface area contributed by atoms with Gasteiger partial charge in [-0.3, -0.25) is 0 Å². The van der Waals surface area contributed by atoms with Gasteiger partial charge in [-0.25, -0.2) is 9.97 Å². The summed E-state index contributed by atoms with van der Waals surface area (Å²) >= 11 is 7.90. The second-order valence-corrected chi connectivity index (χ2v) is 5.15. The van der Waals surface area contributed by atoms with Crippen molar-refractivity contribution in [3.8, 4) is 0 Å². The van der Waals surface area contributed by atoms with Crippen molar-refractivity contribution < 1.29 is 0 Å². The third kappa shape index (κ3) is 4.10. The van der Waals surface area contributed by atoms with E-state index in [2.05, 4.69) is 51.3 Å². The first-order chi connectivity index (χ1) is 7.15. The van der Waals surface area contributed by atoms with Gasteiger partial charge in [0, 0.05) is 34.4 Å². The molecule has 1 heterocycles. The van der Waals surface area contributed by atoms with Crippen LogP contribution in [0.4, 0.5) is 5.95 Å². The van der Waals surface area contributed by atoms with Gasteiger partial charge in [0.15, 0.2) is 0 Å². The van der Waals surface area contributed by atoms with Crippen LogP contribution in [-0.2, 0) is 0 Å². The highest BCUT2D eigenvalue weighted by atomic mass is 127. The van der Waals surface area contributed by atoms with E-state index in [0.29, 0.717) is 11.9 Å². The SMILES string of the molecule is CC(C)N(CCCCl)c1ncc(I)cn1. The second kappa shape index (κ2) is 6.48. The Labute approximate surface area is 109 Å². The van der Waals surface area contributed by atoms with Crippen molar-refractivity contribution in [2.75, 3.05) is 17.3 Å². The number of alkyl halides is 1. The van der Waals surface area contributed by atoms with Gasteiger partial charge in [-0.1, -0.05) is 0 Å². The number of hydrogen-bond acceptors (Lipinski definition) is 3. The lowest BCUT2D eigenvalue weighted by molar-refractivity contribution is 0.652. The molecule has 1 rings (SSSR count). The van der Waals surface area contributed by atoms with Crippen LogP contribution in [0.25, 0.3) is 0 Å². The van der Waals surface area contributed by atoms with Gasteiger partial charge in [0.2, 0.25) is 5.95 Å². The van der Waals surface area contributed by atoms with Crippen molar-refractivity contribution in [3.05, 3.63) is 16.0 Å². The van der Waals surface area contributed by atoms with Crippen molar-refractivity contribution in [1.29, 1.82) is 0 Å². The summed E-state index contributed by atoms with van der Waals surface area (Å²) in [6, 6.07) is 0.397. The van der Waals surface area contributed by atoms with Crippen molar-refractivity contribution in [2.24, 2.45) is 0 Å². The highest BCUT2D eigenvalue weighted by Crippen LogP contribution is 2.12. The molecule has 0 aliphatic heterocycles. The Morgan fingerprint density at radius 1 is 1.40 bits per heavy atom. The van der Waals surface area contributed by atoms with Crippen LogP contribution in [0.15, 0.2) is 12.4 Å². The maximum atomic E-state index is 5.69. The number of aromatic nitrogens is 2. The molecular formula is C10H15ClIN3. The molecule has 0 bridgehead atoms. The maximum absolute atomic E-state index is 5.69. The van der Waals surface area contributed by atoms with Crippen LogP contribution >= 0.6 is 34.2 Å². The van der Waals surface area contributed by atoms with Gasteiger partial charge in [0.05, 0.1) is 0 Å². The Bertz CT molecular complexity index is 289. The van der Waals surface area contributed by atoms with Gasteiger partial charge in [-0.05, 0) is 42.9 Å². The normalized spacial score (nSPS) is 10.7. The fraction of sp³-hybridized carbons (Fsp3) is 0.600. The van der Waals surface area contributed by atoms with Gasteiger partial charge >= 0.3 is 0 Å². The van der Waals surface area contributed by atoms with Crippen LogP contribution in [0, 0.1) is 3.57 Å². The van der Waals surface area contributed by atoms with E-state index in [9.17, 15) is 0 Å². The Morgan fingerprint density at radius 2 is 2.00 bits per heavy atom. The number of anilines is 1. The standard InChI is InChI=1S/C10H15ClIN3/c1-8(2)15(5-3-4-11)10-13-6-9(12)7-14-10/h6-8H,3-5H2,1-2H3. The fourth-order valence-corrected chi connectivity index (χ4v) is 1.67. The van der Waals surface area contributed by atoms with E-state index in [1.807, 2.05) is 12.4 Å². The second-order valence-electron chi connectivity index (χ2n) is 3.53. The van der Waals surface area contributed by atoms with E-state index in [1.54, 1.807) is 0 Å². The largest absolute Gasteiger partial charge is 0.338 e. The van der Waals surface area contributed by atoms with Crippen molar-refractivity contribution in [1.82, 2.24) is 9.97 Å². The van der Waals surface area contributed by atoms with Gasteiger partial charge < -0.3 is 4.90 Å². The highest BCUT2D eigenvalue weighted by molar-refractivity contribution is 14.1. The molecule has 0 saturated carbocycles. The van der Waals surface area contributed by atoms with Crippen LogP contribution in [0.2, 0.25) is 0 Å². The minimum absolute atomic E-state index is 0.397. The summed E-state index contributed by atoms with van der Waals surface area (Å²) in [7, 11) is 0. The summed E-state index contributed by atoms with van der Waals surface area (Å²) in [6.07, 6.45) is 4.62. The first kappa shape index (κ1) is 13.0. The van der Waals surface area contributed by atoms with Gasteiger partial charge in [0.25, 0.3) is 0 Å². The molecule has 15 heavy (non-hydrogen) atoms. The van der Waals surface area contributed by atoms with Crippen LogP contribution in [0.3, 0.4) is 0 Å². The van der Waals surface area contributed by atoms with Gasteiger partial charge in [-0.2, -0.15) is 0 Å². The lowest BCUT2D eigenvalue weighted by Crippen LogP contribution is -2.33. The topological polar surface area (TPSA) is 29.0 Å². The molecule has 0 amide bonds. The minimum atomic E-state index is 0.397. The van der Waals surface area contributed by atoms with Gasteiger partial charge in [-0.15, -0.1) is 11.6 Å². The van der Waals surface area contributed by atoms with Crippen LogP contribution < -0.4 is 4.90 Å². The zero-order chi connectivity index (χ0) is 11.3. The Kier molecular flexibility index (Phi) is 5.60. The molecule has 0 aliphatic carbocycles. The Hall–Kier alpha value is -0.100. The molecule has 5 heteroatoms. The van der Waals surface area contributed by atoms with E-state index in [-0.39, 0.29) is 0 Å². The molecule has 0 spiro atoms. The van der Waals surface area contributed by atoms with Crippen LogP contribution in [0.5, 0.6) is 0 Å². The van der Waals surface area contributed by atoms with Crippen molar-refractivity contribution in [2.45, 2.75) is 26.3 Å². The summed E-state index contributed by atoms with van der Waals surface area (Å²) in [4.78, 5) is 10.8. The molecule has 84 valence electrons. The number of nitrogens with zero attached hydrogens (tertiary/aromatic N) is 3. The molecule has 0 N–H and O–H groups in total. The molecule has 1 aromatic heterocycles. The third-order valence-corrected chi connectivity index (χ3v) is 2.84. The molecule has 0 aromatic carbocycles. The van der Waals surface area contributed by atoms with Crippen molar-refractivity contribution in [3.63, 3.8) is 0 Å². The average Bonchev–Trinajstić information content (AvgIpc) is 2.21. The zero-order valence-electron chi connectivity index (χ0n) is 8.95. The summed E-state index contributed by atoms with van der Waals surface area (Å²) < 4.78 is 1.05. The third-order valence-electron chi connectivity index (χ3n) is 2.02. The molecule has 0 aliphatic rings. The van der Waals surface area contributed by atoms with Crippen molar-refractivity contribution >= 4 is 40.1 Å². The van der Waals surface area contributed by atoms with E-state index >= 15 is 0 Å². The minimum Gasteiger partial charge on any atom is -0.338 e. The summed E-state index contributed by atoms with van der Waals surface area (Å²) in [5.41, 5.74) is 0. The summed E-state index contributed by atoms with van der Waals surface area (Å²) in [5.74, 6) is 1.46. The molecular weight excluding hydrogens is 324 g/mol. The zero-order valence-corrected chi connectivity index (χ0v) is 11.9.